The molecule has 0 spiro atoms. The second-order valence-electron chi connectivity index (χ2n) is 6.58. The predicted octanol–water partition coefficient (Wildman–Crippen LogP) is 6.22. The minimum absolute atomic E-state index is 0.0281. The van der Waals surface area contributed by atoms with Crippen molar-refractivity contribution in [3.05, 3.63) is 64.2 Å². The van der Waals surface area contributed by atoms with Crippen LogP contribution in [0.3, 0.4) is 0 Å². The molecule has 0 heterocycles. The standard InChI is InChI=1S/C18H15F6NO2S.2ClH.Ru/c1-11-4-13(8-14(5-11)17(19,20)21)10-25(3)28(26,27)16-7-12(2)6-15(9-16)18(22,23)24;;;/h3-9H,10H2,1-2H3;2*1H;/q;;;+2/p-2. The molecule has 2 rings (SSSR count). The third kappa shape index (κ3) is 6.99. The summed E-state index contributed by atoms with van der Waals surface area (Å²) in [6, 6.07) is 5.26. The monoisotopic (exact) mass is 595 g/mol. The Kier molecular flexibility index (Phi) is 8.02. The third-order valence-corrected chi connectivity index (χ3v) is 7.63. The van der Waals surface area contributed by atoms with E-state index in [-0.39, 0.29) is 16.7 Å². The molecule has 0 atom stereocenters. The minimum atomic E-state index is -4.79. The van der Waals surface area contributed by atoms with E-state index in [1.54, 1.807) is 0 Å². The number of sulfonamides is 1. The summed E-state index contributed by atoms with van der Waals surface area (Å²) in [5, 5.41) is 0. The van der Waals surface area contributed by atoms with Crippen molar-refractivity contribution >= 4 is 34.1 Å². The molecule has 0 unspecified atom stereocenters. The number of benzene rings is 2. The number of halogens is 8. The first-order valence-electron chi connectivity index (χ1n) is 8.22. The van der Waals surface area contributed by atoms with Crippen LogP contribution < -0.4 is 0 Å². The van der Waals surface area contributed by atoms with Crippen LogP contribution in [0.1, 0.15) is 27.8 Å². The molecule has 0 saturated carbocycles. The van der Waals surface area contributed by atoms with Gasteiger partial charge in [-0.05, 0) is 0 Å². The zero-order valence-corrected chi connectivity index (χ0v) is 19.9. The van der Waals surface area contributed by atoms with Gasteiger partial charge in [0.05, 0.1) is 0 Å². The summed E-state index contributed by atoms with van der Waals surface area (Å²) in [5.74, 6) is 0. The first-order valence-corrected chi connectivity index (χ1v) is 15.1. The number of nitrogens with zero attached hydrogens (tertiary/aromatic N) is 1. The summed E-state index contributed by atoms with van der Waals surface area (Å²) in [6.45, 7) is 2.10. The zero-order valence-electron chi connectivity index (χ0n) is 15.8. The van der Waals surface area contributed by atoms with Crippen LogP contribution in [0.4, 0.5) is 26.3 Å². The van der Waals surface area contributed by atoms with Gasteiger partial charge in [0.15, 0.2) is 0 Å². The van der Waals surface area contributed by atoms with Crippen LogP contribution in [0.25, 0.3) is 0 Å². The van der Waals surface area contributed by atoms with E-state index in [0.29, 0.717) is 10.4 Å². The number of hydrogen-bond acceptors (Lipinski definition) is 2. The van der Waals surface area contributed by atoms with Gasteiger partial charge in [0.1, 0.15) is 0 Å². The Bertz CT molecular complexity index is 1110. The van der Waals surface area contributed by atoms with E-state index in [1.807, 2.05) is 0 Å². The molecular formula is C18H15Cl2F6NO2RuS. The van der Waals surface area contributed by atoms with Crippen LogP contribution in [0, 0.1) is 13.8 Å². The summed E-state index contributed by atoms with van der Waals surface area (Å²) < 4.78 is 106. The molecule has 0 bridgehead atoms. The summed E-state index contributed by atoms with van der Waals surface area (Å²) in [6.07, 6.45) is -9.46. The summed E-state index contributed by atoms with van der Waals surface area (Å²) >= 11 is -2.83. The Morgan fingerprint density at radius 1 is 0.871 bits per heavy atom. The van der Waals surface area contributed by atoms with Gasteiger partial charge in [-0.15, -0.1) is 0 Å². The fourth-order valence-corrected chi connectivity index (χ4v) is 7.21. The third-order valence-electron chi connectivity index (χ3n) is 3.96. The molecule has 0 aliphatic heterocycles. The SMILES string of the molecule is Cc1cc(CN([CH]=[Ru]([Cl])[Cl])S(=O)(=O)c2cc(C)cc(C(F)(F)F)c2)cc(C(F)(F)F)c1. The molecule has 31 heavy (non-hydrogen) atoms. The molecule has 3 nitrogen and oxygen atoms in total. The maximum atomic E-state index is 13.1. The van der Waals surface area contributed by atoms with Gasteiger partial charge in [-0.25, -0.2) is 0 Å². The van der Waals surface area contributed by atoms with Gasteiger partial charge < -0.3 is 0 Å². The van der Waals surface area contributed by atoms with Gasteiger partial charge in [-0.3, -0.25) is 0 Å². The summed E-state index contributed by atoms with van der Waals surface area (Å²) in [5.41, 5.74) is -1.93. The molecule has 0 aromatic heterocycles. The Morgan fingerprint density at radius 3 is 1.84 bits per heavy atom. The van der Waals surface area contributed by atoms with E-state index in [0.717, 1.165) is 29.0 Å². The van der Waals surface area contributed by atoms with Crippen LogP contribution in [0.15, 0.2) is 41.3 Å². The van der Waals surface area contributed by atoms with Gasteiger partial charge in [-0.1, -0.05) is 0 Å². The molecule has 0 aliphatic rings. The molecule has 0 N–H and O–H groups in total. The first kappa shape index (κ1) is 26.3. The number of hydrogen-bond donors (Lipinski definition) is 0. The van der Waals surface area contributed by atoms with Crippen molar-refractivity contribution in [3.63, 3.8) is 0 Å². The topological polar surface area (TPSA) is 37.4 Å². The molecule has 13 heteroatoms. The number of alkyl halides is 6. The normalized spacial score (nSPS) is 13.5. The van der Waals surface area contributed by atoms with Gasteiger partial charge in [0.2, 0.25) is 0 Å². The Hall–Kier alpha value is -0.997. The van der Waals surface area contributed by atoms with Crippen molar-refractivity contribution in [2.24, 2.45) is 0 Å². The fraction of sp³-hybridized carbons (Fsp3) is 0.278. The summed E-state index contributed by atoms with van der Waals surface area (Å²) in [7, 11) is 6.98. The van der Waals surface area contributed by atoms with E-state index in [2.05, 4.69) is 0 Å². The zero-order chi connectivity index (χ0) is 23.8. The number of aryl methyl sites for hydroxylation is 2. The van der Waals surface area contributed by atoms with E-state index < -0.39 is 58.5 Å². The van der Waals surface area contributed by atoms with Gasteiger partial charge >= 0.3 is 189 Å². The summed E-state index contributed by atoms with van der Waals surface area (Å²) in [4.78, 5) is -0.677. The average Bonchev–Trinajstić information content (AvgIpc) is 2.58. The molecule has 0 saturated heterocycles. The van der Waals surface area contributed by atoms with E-state index in [4.69, 9.17) is 19.4 Å². The van der Waals surface area contributed by atoms with Gasteiger partial charge in [0, 0.05) is 0 Å². The van der Waals surface area contributed by atoms with E-state index in [1.165, 1.54) is 19.9 Å². The van der Waals surface area contributed by atoms with Crippen molar-refractivity contribution in [3.8, 4) is 0 Å². The molecule has 0 aliphatic carbocycles. The van der Waals surface area contributed by atoms with Gasteiger partial charge in [-0.2, -0.15) is 0 Å². The fourth-order valence-electron chi connectivity index (χ4n) is 2.74. The molecular weight excluding hydrogens is 580 g/mol. The van der Waals surface area contributed by atoms with E-state index >= 15 is 0 Å². The quantitative estimate of drug-likeness (QED) is 0.304. The molecule has 2 aromatic rings. The van der Waals surface area contributed by atoms with Crippen molar-refractivity contribution in [2.75, 3.05) is 0 Å². The van der Waals surface area contributed by atoms with Crippen LogP contribution >= 0.6 is 19.4 Å². The first-order chi connectivity index (χ1) is 14.0. The molecule has 174 valence electrons. The van der Waals surface area contributed by atoms with Crippen LogP contribution in [0.5, 0.6) is 0 Å². The van der Waals surface area contributed by atoms with E-state index in [9.17, 15) is 34.8 Å². The van der Waals surface area contributed by atoms with Crippen LogP contribution in [0.2, 0.25) is 0 Å². The van der Waals surface area contributed by atoms with Crippen molar-refractivity contribution in [1.82, 2.24) is 4.31 Å². The van der Waals surface area contributed by atoms with Crippen LogP contribution in [-0.4, -0.2) is 17.5 Å². The molecule has 0 radical (unpaired) electrons. The van der Waals surface area contributed by atoms with Crippen LogP contribution in [-0.2, 0) is 42.4 Å². The van der Waals surface area contributed by atoms with Crippen molar-refractivity contribution < 1.29 is 48.3 Å². The second kappa shape index (κ2) is 9.47. The Balaban J connectivity index is 2.59. The molecule has 2 aromatic carbocycles. The van der Waals surface area contributed by atoms with Crippen molar-refractivity contribution in [2.45, 2.75) is 37.6 Å². The van der Waals surface area contributed by atoms with Crippen molar-refractivity contribution in [1.29, 1.82) is 0 Å². The Morgan fingerprint density at radius 2 is 1.35 bits per heavy atom. The molecule has 0 fully saturated rings. The predicted molar refractivity (Wildman–Crippen MR) is 103 cm³/mol. The molecule has 0 amide bonds. The van der Waals surface area contributed by atoms with Gasteiger partial charge in [0.25, 0.3) is 0 Å². The Labute approximate surface area is 188 Å². The average molecular weight is 595 g/mol. The second-order valence-corrected chi connectivity index (χ2v) is 14.1. The number of rotatable bonds is 5. The maximum absolute atomic E-state index is 13.1.